The van der Waals surface area contributed by atoms with E-state index in [2.05, 4.69) is 61.2 Å². The monoisotopic (exact) mass is 363 g/mol. The van der Waals surface area contributed by atoms with Crippen LogP contribution in [0.4, 0.5) is 5.00 Å². The number of hydrogen-bond donors (Lipinski definition) is 0. The van der Waals surface area contributed by atoms with Crippen LogP contribution < -0.4 is 4.90 Å². The summed E-state index contributed by atoms with van der Waals surface area (Å²) >= 11 is 5.36. The van der Waals surface area contributed by atoms with Crippen molar-refractivity contribution in [3.05, 3.63) is 34.9 Å². The molecule has 1 aromatic heterocycles. The molecule has 2 aromatic rings. The van der Waals surface area contributed by atoms with Crippen molar-refractivity contribution in [1.82, 2.24) is 9.88 Å². The molecule has 0 spiro atoms. The smallest absolute Gasteiger partial charge is 0.125 e. The minimum atomic E-state index is 0.708. The molecule has 0 amide bonds. The molecule has 0 atom stereocenters. The van der Waals surface area contributed by atoms with Gasteiger partial charge in [-0.2, -0.15) is 0 Å². The van der Waals surface area contributed by atoms with Crippen molar-refractivity contribution < 1.29 is 0 Å². The maximum atomic E-state index is 4.66. The Morgan fingerprint density at radius 1 is 1.14 bits per heavy atom. The van der Waals surface area contributed by atoms with Crippen molar-refractivity contribution in [3.8, 4) is 10.6 Å². The maximum Gasteiger partial charge on any atom is 0.125 e. The van der Waals surface area contributed by atoms with Crippen molar-refractivity contribution in [1.29, 1.82) is 0 Å². The van der Waals surface area contributed by atoms with Crippen LogP contribution in [0.1, 0.15) is 12.8 Å². The lowest BCUT2D eigenvalue weighted by molar-refractivity contribution is 0.250. The standard InChI is InChI=1S/C16H18BrN3S/c17-13-3-1-2-12(10-13)16-18-11-15(21-16)20-9-8-19-6-4-14(20)5-7-19/h1-3,10-11,14H,4-9H2. The van der Waals surface area contributed by atoms with Crippen LogP contribution in [0.15, 0.2) is 34.9 Å². The first-order chi connectivity index (χ1) is 10.3. The van der Waals surface area contributed by atoms with Crippen LogP contribution in [0.3, 0.4) is 0 Å². The predicted molar refractivity (Wildman–Crippen MR) is 92.1 cm³/mol. The van der Waals surface area contributed by atoms with Gasteiger partial charge in [-0.05, 0) is 25.0 Å². The highest BCUT2D eigenvalue weighted by Crippen LogP contribution is 2.35. The molecule has 21 heavy (non-hydrogen) atoms. The molecule has 3 saturated heterocycles. The van der Waals surface area contributed by atoms with E-state index in [9.17, 15) is 0 Å². The molecular formula is C16H18BrN3S. The lowest BCUT2D eigenvalue weighted by atomic mass is 10.1. The van der Waals surface area contributed by atoms with Gasteiger partial charge in [0.25, 0.3) is 0 Å². The van der Waals surface area contributed by atoms with E-state index in [1.165, 1.54) is 43.0 Å². The lowest BCUT2D eigenvalue weighted by Gasteiger charge is -2.31. The fourth-order valence-corrected chi connectivity index (χ4v) is 4.74. The Labute approximate surface area is 137 Å². The van der Waals surface area contributed by atoms with Crippen LogP contribution in [0, 0.1) is 0 Å². The van der Waals surface area contributed by atoms with Gasteiger partial charge in [0.15, 0.2) is 0 Å². The van der Waals surface area contributed by atoms with Gasteiger partial charge >= 0.3 is 0 Å². The van der Waals surface area contributed by atoms with Gasteiger partial charge in [0.1, 0.15) is 10.0 Å². The van der Waals surface area contributed by atoms with Crippen LogP contribution in [-0.4, -0.2) is 42.1 Å². The predicted octanol–water partition coefficient (Wildman–Crippen LogP) is 3.86. The molecule has 0 unspecified atom stereocenters. The van der Waals surface area contributed by atoms with Gasteiger partial charge in [-0.15, -0.1) is 0 Å². The Morgan fingerprint density at radius 2 is 2.00 bits per heavy atom. The lowest BCUT2D eigenvalue weighted by Crippen LogP contribution is -2.37. The minimum absolute atomic E-state index is 0.708. The summed E-state index contributed by atoms with van der Waals surface area (Å²) in [6.45, 7) is 4.86. The van der Waals surface area contributed by atoms with Gasteiger partial charge in [0.2, 0.25) is 0 Å². The number of thiazole rings is 1. The fourth-order valence-electron chi connectivity index (χ4n) is 3.33. The highest BCUT2D eigenvalue weighted by Gasteiger charge is 2.30. The Kier molecular flexibility index (Phi) is 3.73. The van der Waals surface area contributed by atoms with Crippen molar-refractivity contribution in [2.45, 2.75) is 18.9 Å². The second-order valence-corrected chi connectivity index (χ2v) is 7.70. The van der Waals surface area contributed by atoms with Crippen molar-refractivity contribution in [2.24, 2.45) is 0 Å². The molecule has 2 bridgehead atoms. The molecule has 0 saturated carbocycles. The zero-order valence-corrected chi connectivity index (χ0v) is 14.2. The molecule has 3 aliphatic rings. The van der Waals surface area contributed by atoms with Gasteiger partial charge in [-0.3, -0.25) is 0 Å². The van der Waals surface area contributed by atoms with E-state index < -0.39 is 0 Å². The van der Waals surface area contributed by atoms with Gasteiger partial charge in [-0.25, -0.2) is 4.98 Å². The summed E-state index contributed by atoms with van der Waals surface area (Å²) < 4.78 is 1.11. The number of nitrogens with zero attached hydrogens (tertiary/aromatic N) is 3. The summed E-state index contributed by atoms with van der Waals surface area (Å²) in [5.41, 5.74) is 1.20. The summed E-state index contributed by atoms with van der Waals surface area (Å²) in [5.74, 6) is 0. The molecule has 4 heterocycles. The Balaban J connectivity index is 1.62. The maximum absolute atomic E-state index is 4.66. The SMILES string of the molecule is Brc1cccc(-c2ncc(N3CCN4CCC3CC4)s2)c1. The van der Waals surface area contributed by atoms with Crippen LogP contribution in [-0.2, 0) is 0 Å². The van der Waals surface area contributed by atoms with E-state index in [0.29, 0.717) is 6.04 Å². The number of hydrogen-bond acceptors (Lipinski definition) is 4. The van der Waals surface area contributed by atoms with Crippen LogP contribution in [0.2, 0.25) is 0 Å². The second-order valence-electron chi connectivity index (χ2n) is 5.78. The fraction of sp³-hybridized carbons (Fsp3) is 0.438. The molecule has 3 nitrogen and oxygen atoms in total. The Morgan fingerprint density at radius 3 is 2.81 bits per heavy atom. The molecule has 3 fully saturated rings. The van der Waals surface area contributed by atoms with E-state index >= 15 is 0 Å². The molecule has 110 valence electrons. The normalized spacial score (nSPS) is 25.1. The van der Waals surface area contributed by atoms with Gasteiger partial charge < -0.3 is 9.80 Å². The first-order valence-corrected chi connectivity index (χ1v) is 9.11. The van der Waals surface area contributed by atoms with E-state index in [1.807, 2.05) is 11.3 Å². The third-order valence-electron chi connectivity index (χ3n) is 4.50. The van der Waals surface area contributed by atoms with Crippen LogP contribution in [0.5, 0.6) is 0 Å². The summed E-state index contributed by atoms with van der Waals surface area (Å²) in [5, 5.41) is 2.45. The molecule has 0 radical (unpaired) electrons. The van der Waals surface area contributed by atoms with E-state index in [4.69, 9.17) is 0 Å². The van der Waals surface area contributed by atoms with Crippen molar-refractivity contribution in [3.63, 3.8) is 0 Å². The van der Waals surface area contributed by atoms with Gasteiger partial charge in [0, 0.05) is 42.3 Å². The second kappa shape index (κ2) is 5.71. The molecular weight excluding hydrogens is 346 g/mol. The highest BCUT2D eigenvalue weighted by molar-refractivity contribution is 9.10. The van der Waals surface area contributed by atoms with Gasteiger partial charge in [0.05, 0.1) is 6.20 Å². The summed E-state index contributed by atoms with van der Waals surface area (Å²) in [7, 11) is 0. The summed E-state index contributed by atoms with van der Waals surface area (Å²) in [6.07, 6.45) is 4.66. The summed E-state index contributed by atoms with van der Waals surface area (Å²) in [4.78, 5) is 9.84. The number of halogens is 1. The zero-order chi connectivity index (χ0) is 14.2. The molecule has 0 N–H and O–H groups in total. The summed E-state index contributed by atoms with van der Waals surface area (Å²) in [6, 6.07) is 9.11. The number of rotatable bonds is 2. The molecule has 0 aliphatic carbocycles. The molecule has 5 rings (SSSR count). The quantitative estimate of drug-likeness (QED) is 0.807. The molecule has 5 heteroatoms. The Hall–Kier alpha value is -0.910. The largest absolute Gasteiger partial charge is 0.358 e. The van der Waals surface area contributed by atoms with Crippen molar-refractivity contribution >= 4 is 32.3 Å². The third kappa shape index (κ3) is 2.74. The third-order valence-corrected chi connectivity index (χ3v) is 6.08. The van der Waals surface area contributed by atoms with E-state index in [0.717, 1.165) is 16.0 Å². The van der Waals surface area contributed by atoms with Crippen molar-refractivity contribution in [2.75, 3.05) is 31.1 Å². The zero-order valence-electron chi connectivity index (χ0n) is 11.8. The highest BCUT2D eigenvalue weighted by atomic mass is 79.9. The number of piperidine rings is 1. The van der Waals surface area contributed by atoms with Crippen LogP contribution in [0.25, 0.3) is 10.6 Å². The number of anilines is 1. The minimum Gasteiger partial charge on any atom is -0.358 e. The Bertz CT molecular complexity index is 634. The van der Waals surface area contributed by atoms with Gasteiger partial charge in [-0.1, -0.05) is 39.4 Å². The number of aromatic nitrogens is 1. The first kappa shape index (κ1) is 13.7. The number of benzene rings is 1. The van der Waals surface area contributed by atoms with E-state index in [1.54, 1.807) is 0 Å². The van der Waals surface area contributed by atoms with E-state index in [-0.39, 0.29) is 0 Å². The first-order valence-electron chi connectivity index (χ1n) is 7.50. The molecule has 3 aliphatic heterocycles. The average Bonchev–Trinajstić information content (AvgIpc) is 2.80. The van der Waals surface area contributed by atoms with Crippen LogP contribution >= 0.6 is 27.3 Å². The topological polar surface area (TPSA) is 19.4 Å². The average molecular weight is 364 g/mol. The molecule has 1 aromatic carbocycles. The number of fused-ring (bicyclic) bond motifs is 4.